The van der Waals surface area contributed by atoms with Crippen LogP contribution in [0.1, 0.15) is 19.3 Å². The number of hydrogen-bond acceptors (Lipinski definition) is 3. The first kappa shape index (κ1) is 13.8. The highest BCUT2D eigenvalue weighted by Crippen LogP contribution is 1.87. The van der Waals surface area contributed by atoms with Crippen molar-refractivity contribution in [3.05, 3.63) is 10.4 Å². The summed E-state index contributed by atoms with van der Waals surface area (Å²) in [6.07, 6.45) is 7.64. The zero-order chi connectivity index (χ0) is 11.2. The smallest absolute Gasteiger partial charge is 0.0478 e. The highest BCUT2D eigenvalue weighted by Gasteiger charge is 1.89. The van der Waals surface area contributed by atoms with Gasteiger partial charge < -0.3 is 10.1 Å². The van der Waals surface area contributed by atoms with Crippen LogP contribution in [-0.4, -0.2) is 32.8 Å². The molecule has 0 aromatic heterocycles. The van der Waals surface area contributed by atoms with Gasteiger partial charge >= 0.3 is 0 Å². The first-order chi connectivity index (χ1) is 7.41. The van der Waals surface area contributed by atoms with Crippen molar-refractivity contribution in [2.75, 3.05) is 32.8 Å². The molecular formula is C10H18N4O. The van der Waals surface area contributed by atoms with Crippen molar-refractivity contribution in [2.24, 2.45) is 5.11 Å². The molecule has 0 aliphatic carbocycles. The van der Waals surface area contributed by atoms with Gasteiger partial charge in [0.1, 0.15) is 0 Å². The molecule has 0 bridgehead atoms. The largest absolute Gasteiger partial charge is 0.381 e. The van der Waals surface area contributed by atoms with E-state index in [-0.39, 0.29) is 0 Å². The molecule has 0 heterocycles. The van der Waals surface area contributed by atoms with E-state index in [0.717, 1.165) is 39.0 Å². The monoisotopic (exact) mass is 210 g/mol. The molecule has 0 fully saturated rings. The zero-order valence-corrected chi connectivity index (χ0v) is 8.98. The van der Waals surface area contributed by atoms with Gasteiger partial charge in [0.15, 0.2) is 0 Å². The van der Waals surface area contributed by atoms with Crippen LogP contribution in [0.2, 0.25) is 0 Å². The van der Waals surface area contributed by atoms with Crippen LogP contribution >= 0.6 is 0 Å². The van der Waals surface area contributed by atoms with E-state index >= 15 is 0 Å². The van der Waals surface area contributed by atoms with E-state index in [4.69, 9.17) is 16.7 Å². The highest BCUT2D eigenvalue weighted by atomic mass is 16.5. The average molecular weight is 210 g/mol. The van der Waals surface area contributed by atoms with Gasteiger partial charge in [-0.05, 0) is 24.9 Å². The second kappa shape index (κ2) is 12.8. The average Bonchev–Trinajstić information content (AvgIpc) is 2.26. The minimum absolute atomic E-state index is 0.511. The molecule has 5 heteroatoms. The fourth-order valence-corrected chi connectivity index (χ4v) is 0.969. The maximum Gasteiger partial charge on any atom is 0.0478 e. The third-order valence-corrected chi connectivity index (χ3v) is 1.70. The molecule has 5 nitrogen and oxygen atoms in total. The van der Waals surface area contributed by atoms with Gasteiger partial charge in [-0.15, -0.1) is 12.3 Å². The second-order valence-corrected chi connectivity index (χ2v) is 2.98. The first-order valence-electron chi connectivity index (χ1n) is 5.14. The van der Waals surface area contributed by atoms with Crippen molar-refractivity contribution in [1.82, 2.24) is 5.32 Å². The summed E-state index contributed by atoms with van der Waals surface area (Å²) in [5.74, 6) is 2.56. The molecule has 0 saturated carbocycles. The molecular weight excluding hydrogens is 192 g/mol. The van der Waals surface area contributed by atoms with Crippen molar-refractivity contribution < 1.29 is 4.74 Å². The SMILES string of the molecule is C#CCCNCCCOCCCN=[N+]=[N-]. The summed E-state index contributed by atoms with van der Waals surface area (Å²) in [6, 6.07) is 0. The molecule has 0 amide bonds. The number of azide groups is 1. The molecule has 0 saturated heterocycles. The summed E-state index contributed by atoms with van der Waals surface area (Å²) in [6.45, 7) is 3.70. The molecule has 0 unspecified atom stereocenters. The fraction of sp³-hybridized carbons (Fsp3) is 0.800. The van der Waals surface area contributed by atoms with E-state index in [1.165, 1.54) is 0 Å². The fourth-order valence-electron chi connectivity index (χ4n) is 0.969. The summed E-state index contributed by atoms with van der Waals surface area (Å²) in [5.41, 5.74) is 8.01. The molecule has 0 aromatic rings. The Kier molecular flexibility index (Phi) is 11.8. The Morgan fingerprint density at radius 3 is 2.87 bits per heavy atom. The topological polar surface area (TPSA) is 70.0 Å². The molecule has 0 aliphatic heterocycles. The van der Waals surface area contributed by atoms with Crippen molar-refractivity contribution in [2.45, 2.75) is 19.3 Å². The van der Waals surface area contributed by atoms with Crippen molar-refractivity contribution in [3.63, 3.8) is 0 Å². The van der Waals surface area contributed by atoms with Crippen LogP contribution < -0.4 is 5.32 Å². The predicted octanol–water partition coefficient (Wildman–Crippen LogP) is 1.71. The lowest BCUT2D eigenvalue weighted by Crippen LogP contribution is -2.17. The van der Waals surface area contributed by atoms with E-state index in [1.807, 2.05) is 0 Å². The van der Waals surface area contributed by atoms with Gasteiger partial charge in [0, 0.05) is 37.6 Å². The van der Waals surface area contributed by atoms with E-state index in [2.05, 4.69) is 21.3 Å². The Morgan fingerprint density at radius 2 is 2.13 bits per heavy atom. The van der Waals surface area contributed by atoms with Gasteiger partial charge in [0.2, 0.25) is 0 Å². The maximum atomic E-state index is 8.01. The Bertz CT molecular complexity index is 218. The normalized spacial score (nSPS) is 9.27. The number of nitrogens with one attached hydrogen (secondary N) is 1. The lowest BCUT2D eigenvalue weighted by molar-refractivity contribution is 0.131. The first-order valence-corrected chi connectivity index (χ1v) is 5.14. The Balaban J connectivity index is 2.93. The van der Waals surface area contributed by atoms with Crippen molar-refractivity contribution >= 4 is 0 Å². The summed E-state index contributed by atoms with van der Waals surface area (Å²) >= 11 is 0. The third kappa shape index (κ3) is 12.8. The maximum absolute atomic E-state index is 8.01. The van der Waals surface area contributed by atoms with Crippen molar-refractivity contribution in [3.8, 4) is 12.3 Å². The van der Waals surface area contributed by atoms with Gasteiger partial charge in [-0.25, -0.2) is 0 Å². The lowest BCUT2D eigenvalue weighted by Gasteiger charge is -2.03. The van der Waals surface area contributed by atoms with Crippen LogP contribution in [0, 0.1) is 12.3 Å². The van der Waals surface area contributed by atoms with Crippen LogP contribution in [0.25, 0.3) is 10.4 Å². The van der Waals surface area contributed by atoms with E-state index in [1.54, 1.807) is 0 Å². The van der Waals surface area contributed by atoms with Gasteiger partial charge in [0.25, 0.3) is 0 Å². The summed E-state index contributed by atoms with van der Waals surface area (Å²) in [7, 11) is 0. The molecule has 0 rings (SSSR count). The van der Waals surface area contributed by atoms with Crippen LogP contribution in [0.5, 0.6) is 0 Å². The van der Waals surface area contributed by atoms with E-state index < -0.39 is 0 Å². The van der Waals surface area contributed by atoms with Gasteiger partial charge in [0.05, 0.1) is 0 Å². The van der Waals surface area contributed by atoms with Crippen LogP contribution in [0.3, 0.4) is 0 Å². The van der Waals surface area contributed by atoms with Crippen LogP contribution in [0.4, 0.5) is 0 Å². The number of nitrogens with zero attached hydrogens (tertiary/aromatic N) is 3. The number of terminal acetylenes is 1. The molecule has 0 atom stereocenters. The molecule has 0 aliphatic rings. The molecule has 0 spiro atoms. The standard InChI is InChI=1S/C10H18N4O/c1-2-3-6-12-7-4-9-15-10-5-8-13-14-11/h1,12H,3-10H2. The van der Waals surface area contributed by atoms with Crippen LogP contribution in [-0.2, 0) is 4.74 Å². The number of hydrogen-bond donors (Lipinski definition) is 1. The van der Waals surface area contributed by atoms with E-state index in [0.29, 0.717) is 13.2 Å². The van der Waals surface area contributed by atoms with Gasteiger partial charge in [-0.1, -0.05) is 5.11 Å². The number of rotatable bonds is 10. The molecule has 15 heavy (non-hydrogen) atoms. The zero-order valence-electron chi connectivity index (χ0n) is 8.98. The highest BCUT2D eigenvalue weighted by molar-refractivity contribution is 4.83. The minimum Gasteiger partial charge on any atom is -0.381 e. The Labute approximate surface area is 90.8 Å². The second-order valence-electron chi connectivity index (χ2n) is 2.98. The molecule has 1 N–H and O–H groups in total. The quantitative estimate of drug-likeness (QED) is 0.196. The number of ether oxygens (including phenoxy) is 1. The van der Waals surface area contributed by atoms with Gasteiger partial charge in [-0.3, -0.25) is 0 Å². The Hall–Kier alpha value is -1.21. The summed E-state index contributed by atoms with van der Waals surface area (Å²) < 4.78 is 5.32. The van der Waals surface area contributed by atoms with Gasteiger partial charge in [-0.2, -0.15) is 0 Å². The van der Waals surface area contributed by atoms with E-state index in [9.17, 15) is 0 Å². The summed E-state index contributed by atoms with van der Waals surface area (Å²) in [4.78, 5) is 2.65. The molecule has 0 aromatic carbocycles. The minimum atomic E-state index is 0.511. The Morgan fingerprint density at radius 1 is 1.33 bits per heavy atom. The predicted molar refractivity (Wildman–Crippen MR) is 60.4 cm³/mol. The summed E-state index contributed by atoms with van der Waals surface area (Å²) in [5, 5.41) is 6.62. The molecule has 84 valence electrons. The van der Waals surface area contributed by atoms with Crippen LogP contribution in [0.15, 0.2) is 5.11 Å². The lowest BCUT2D eigenvalue weighted by atomic mass is 10.4. The van der Waals surface area contributed by atoms with Crippen molar-refractivity contribution in [1.29, 1.82) is 0 Å². The molecule has 0 radical (unpaired) electrons. The third-order valence-electron chi connectivity index (χ3n) is 1.70.